The number of guanidine groups is 3. The van der Waals surface area contributed by atoms with Crippen LogP contribution in [0.1, 0.15) is 0 Å². The molecule has 0 aliphatic rings. The third kappa shape index (κ3) is 6.92. The van der Waals surface area contributed by atoms with Gasteiger partial charge < -0.3 is 33.2 Å². The SMILES string of the molecule is N=C(N)NC(COS(=O)(=O)c1ccccc1)C(NC(=N)N)NC(=N)N. The summed E-state index contributed by atoms with van der Waals surface area (Å²) in [6, 6.07) is 6.47. The standard InChI is InChI=1S/C12H21N9O3S/c13-10(14)19-8(9(20-11(15)16)21-12(17)18)6-24-25(22,23)7-4-2-1-3-5-7/h1-5,8-9H,6H2,(H4,13,14,19)(H4,15,16,20)(H4,17,18,21). The van der Waals surface area contributed by atoms with Crippen LogP contribution >= 0.6 is 0 Å². The lowest BCUT2D eigenvalue weighted by molar-refractivity contribution is 0.249. The predicted molar refractivity (Wildman–Crippen MR) is 92.3 cm³/mol. The Morgan fingerprint density at radius 1 is 0.960 bits per heavy atom. The van der Waals surface area contributed by atoms with Gasteiger partial charge >= 0.3 is 0 Å². The van der Waals surface area contributed by atoms with E-state index in [0.717, 1.165) is 0 Å². The van der Waals surface area contributed by atoms with Crippen LogP contribution in [0.5, 0.6) is 0 Å². The highest BCUT2D eigenvalue weighted by atomic mass is 32.2. The number of benzene rings is 1. The molecule has 0 aromatic heterocycles. The number of nitrogens with two attached hydrogens (primary N) is 3. The van der Waals surface area contributed by atoms with Gasteiger partial charge in [-0.25, -0.2) is 0 Å². The lowest BCUT2D eigenvalue weighted by Gasteiger charge is -2.29. The Hall–Kier alpha value is -3.06. The van der Waals surface area contributed by atoms with Crippen LogP contribution in [-0.2, 0) is 14.3 Å². The predicted octanol–water partition coefficient (Wildman–Crippen LogP) is -2.46. The average Bonchev–Trinajstić information content (AvgIpc) is 2.50. The van der Waals surface area contributed by atoms with E-state index in [1.807, 2.05) is 0 Å². The van der Waals surface area contributed by atoms with E-state index in [0.29, 0.717) is 0 Å². The molecule has 25 heavy (non-hydrogen) atoms. The fourth-order valence-electron chi connectivity index (χ4n) is 1.81. The van der Waals surface area contributed by atoms with Gasteiger partial charge in [0.15, 0.2) is 17.9 Å². The molecule has 1 rings (SSSR count). The zero-order chi connectivity index (χ0) is 19.0. The van der Waals surface area contributed by atoms with Gasteiger partial charge in [0.25, 0.3) is 10.1 Å². The Kier molecular flexibility index (Phi) is 6.95. The average molecular weight is 371 g/mol. The maximum atomic E-state index is 12.2. The summed E-state index contributed by atoms with van der Waals surface area (Å²) >= 11 is 0. The third-order valence-corrected chi connectivity index (χ3v) is 4.10. The summed E-state index contributed by atoms with van der Waals surface area (Å²) in [6.07, 6.45) is -1.04. The van der Waals surface area contributed by atoms with E-state index in [1.54, 1.807) is 18.2 Å². The fourth-order valence-corrected chi connectivity index (χ4v) is 2.76. The summed E-state index contributed by atoms with van der Waals surface area (Å²) in [6.45, 7) is -0.484. The molecule has 0 spiro atoms. The number of hydrogen-bond acceptors (Lipinski definition) is 6. The van der Waals surface area contributed by atoms with Crippen molar-refractivity contribution in [2.24, 2.45) is 17.2 Å². The minimum atomic E-state index is -4.06. The van der Waals surface area contributed by atoms with Crippen molar-refractivity contribution < 1.29 is 12.6 Å². The van der Waals surface area contributed by atoms with Gasteiger partial charge in [-0.2, -0.15) is 8.42 Å². The molecule has 0 radical (unpaired) electrons. The van der Waals surface area contributed by atoms with Crippen LogP contribution in [0.15, 0.2) is 35.2 Å². The lowest BCUT2D eigenvalue weighted by Crippen LogP contribution is -2.64. The monoisotopic (exact) mass is 371 g/mol. The van der Waals surface area contributed by atoms with Gasteiger partial charge in [0, 0.05) is 0 Å². The Morgan fingerprint density at radius 2 is 1.44 bits per heavy atom. The molecular formula is C12H21N9O3S. The summed E-state index contributed by atoms with van der Waals surface area (Å²) in [5.41, 5.74) is 15.8. The first-order valence-corrected chi connectivity index (χ1v) is 8.29. The van der Waals surface area contributed by atoms with E-state index in [9.17, 15) is 8.42 Å². The molecule has 138 valence electrons. The van der Waals surface area contributed by atoms with Crippen LogP contribution in [0.25, 0.3) is 0 Å². The van der Waals surface area contributed by atoms with Gasteiger partial charge in [0.05, 0.1) is 17.5 Å². The molecule has 0 heterocycles. The van der Waals surface area contributed by atoms with Crippen molar-refractivity contribution in [3.05, 3.63) is 30.3 Å². The van der Waals surface area contributed by atoms with Crippen LogP contribution in [0.2, 0.25) is 0 Å². The largest absolute Gasteiger partial charge is 0.370 e. The van der Waals surface area contributed by atoms with E-state index in [4.69, 9.17) is 37.6 Å². The molecule has 0 aliphatic carbocycles. The highest BCUT2D eigenvalue weighted by Gasteiger charge is 2.26. The Labute approximate surface area is 144 Å². The van der Waals surface area contributed by atoms with E-state index in [-0.39, 0.29) is 4.90 Å². The van der Waals surface area contributed by atoms with E-state index < -0.39 is 46.8 Å². The second-order valence-electron chi connectivity index (χ2n) is 4.81. The first-order chi connectivity index (χ1) is 11.6. The minimum Gasteiger partial charge on any atom is -0.370 e. The molecule has 0 bridgehead atoms. The molecule has 12 nitrogen and oxygen atoms in total. The topological polar surface area (TPSA) is 229 Å². The zero-order valence-corrected chi connectivity index (χ0v) is 13.9. The smallest absolute Gasteiger partial charge is 0.297 e. The molecule has 0 aliphatic heterocycles. The Bertz CT molecular complexity index is 707. The van der Waals surface area contributed by atoms with Crippen LogP contribution in [0.4, 0.5) is 0 Å². The van der Waals surface area contributed by atoms with Crippen LogP contribution < -0.4 is 33.2 Å². The van der Waals surface area contributed by atoms with Gasteiger partial charge in [-0.15, -0.1) is 0 Å². The van der Waals surface area contributed by atoms with E-state index in [2.05, 4.69) is 16.0 Å². The summed E-state index contributed by atoms with van der Waals surface area (Å²) < 4.78 is 29.3. The molecule has 1 aromatic rings. The fraction of sp³-hybridized carbons (Fsp3) is 0.250. The normalized spacial score (nSPS) is 13.3. The zero-order valence-electron chi connectivity index (χ0n) is 13.1. The van der Waals surface area contributed by atoms with Gasteiger partial charge in [-0.1, -0.05) is 18.2 Å². The van der Waals surface area contributed by atoms with Gasteiger partial charge in [0.1, 0.15) is 6.17 Å². The highest BCUT2D eigenvalue weighted by molar-refractivity contribution is 7.86. The first kappa shape index (κ1) is 20.0. The maximum absolute atomic E-state index is 12.2. The van der Waals surface area contributed by atoms with E-state index >= 15 is 0 Å². The summed E-state index contributed by atoms with van der Waals surface area (Å²) in [5, 5.41) is 29.2. The molecule has 1 atom stereocenters. The van der Waals surface area contributed by atoms with Crippen molar-refractivity contribution in [1.82, 2.24) is 16.0 Å². The molecule has 0 amide bonds. The van der Waals surface area contributed by atoms with Gasteiger partial charge in [0.2, 0.25) is 0 Å². The first-order valence-electron chi connectivity index (χ1n) is 6.88. The van der Waals surface area contributed by atoms with Crippen molar-refractivity contribution in [3.8, 4) is 0 Å². The third-order valence-electron chi connectivity index (χ3n) is 2.80. The van der Waals surface area contributed by atoms with Crippen molar-refractivity contribution in [3.63, 3.8) is 0 Å². The molecule has 13 heteroatoms. The van der Waals surface area contributed by atoms with Crippen molar-refractivity contribution >= 4 is 28.0 Å². The Morgan fingerprint density at radius 3 is 1.88 bits per heavy atom. The number of rotatable bonds is 8. The molecular weight excluding hydrogens is 350 g/mol. The molecule has 12 N–H and O–H groups in total. The van der Waals surface area contributed by atoms with E-state index in [1.165, 1.54) is 12.1 Å². The summed E-state index contributed by atoms with van der Waals surface area (Å²) in [4.78, 5) is -0.0489. The maximum Gasteiger partial charge on any atom is 0.297 e. The Balaban J connectivity index is 2.95. The number of hydrogen-bond donors (Lipinski definition) is 9. The summed E-state index contributed by atoms with van der Waals surface area (Å²) in [5.74, 6) is -1.42. The number of nitrogens with one attached hydrogen (secondary N) is 6. The molecule has 1 aromatic carbocycles. The highest BCUT2D eigenvalue weighted by Crippen LogP contribution is 2.12. The molecule has 0 fully saturated rings. The van der Waals surface area contributed by atoms with Crippen molar-refractivity contribution in [2.45, 2.75) is 17.1 Å². The second kappa shape index (κ2) is 8.70. The van der Waals surface area contributed by atoms with Crippen LogP contribution in [-0.4, -0.2) is 45.1 Å². The van der Waals surface area contributed by atoms with Crippen molar-refractivity contribution in [2.75, 3.05) is 6.61 Å². The minimum absolute atomic E-state index is 0.0489. The summed E-state index contributed by atoms with van der Waals surface area (Å²) in [7, 11) is -4.06. The molecule has 1 unspecified atom stereocenters. The van der Waals surface area contributed by atoms with Gasteiger partial charge in [-0.3, -0.25) is 20.4 Å². The van der Waals surface area contributed by atoms with Crippen molar-refractivity contribution in [1.29, 1.82) is 16.2 Å². The molecule has 0 saturated carbocycles. The quantitative estimate of drug-likeness (QED) is 0.102. The van der Waals surface area contributed by atoms with Crippen LogP contribution in [0, 0.1) is 16.2 Å². The van der Waals surface area contributed by atoms with Crippen LogP contribution in [0.3, 0.4) is 0 Å². The molecule has 0 saturated heterocycles. The second-order valence-corrected chi connectivity index (χ2v) is 6.43. The lowest BCUT2D eigenvalue weighted by atomic mass is 10.2. The van der Waals surface area contributed by atoms with Gasteiger partial charge in [-0.05, 0) is 12.1 Å².